The van der Waals surface area contributed by atoms with Gasteiger partial charge in [-0.25, -0.2) is 9.97 Å². The van der Waals surface area contributed by atoms with Crippen molar-refractivity contribution >= 4 is 11.6 Å². The van der Waals surface area contributed by atoms with Gasteiger partial charge in [0.05, 0.1) is 0 Å². The van der Waals surface area contributed by atoms with Crippen molar-refractivity contribution < 1.29 is 5.11 Å². The highest BCUT2D eigenvalue weighted by molar-refractivity contribution is 5.56. The van der Waals surface area contributed by atoms with Gasteiger partial charge in [-0.2, -0.15) is 0 Å². The Labute approximate surface area is 109 Å². The largest absolute Gasteiger partial charge is 0.396 e. The summed E-state index contributed by atoms with van der Waals surface area (Å²) >= 11 is 0. The van der Waals surface area contributed by atoms with Crippen molar-refractivity contribution in [3.8, 4) is 0 Å². The van der Waals surface area contributed by atoms with Gasteiger partial charge < -0.3 is 15.7 Å². The molecule has 0 saturated heterocycles. The number of nitrogens with zero attached hydrogens (tertiary/aromatic N) is 2. The van der Waals surface area contributed by atoms with E-state index in [4.69, 9.17) is 5.11 Å². The molecule has 0 bridgehead atoms. The van der Waals surface area contributed by atoms with Gasteiger partial charge in [0.1, 0.15) is 18.0 Å². The van der Waals surface area contributed by atoms with E-state index in [-0.39, 0.29) is 6.61 Å². The molecule has 0 amide bonds. The Hall–Kier alpha value is -1.36. The Kier molecular flexibility index (Phi) is 6.43. The lowest BCUT2D eigenvalue weighted by molar-refractivity contribution is 0.258. The molecule has 1 rings (SSSR count). The summed E-state index contributed by atoms with van der Waals surface area (Å²) in [6.45, 7) is 8.11. The van der Waals surface area contributed by atoms with E-state index in [1.807, 2.05) is 13.8 Å². The number of rotatable bonds is 8. The molecule has 5 nitrogen and oxygen atoms in total. The number of aliphatic hydroxyl groups is 1. The van der Waals surface area contributed by atoms with E-state index in [2.05, 4.69) is 27.5 Å². The molecule has 0 radical (unpaired) electrons. The quantitative estimate of drug-likeness (QED) is 0.660. The normalized spacial score (nSPS) is 12.2. The second-order valence-corrected chi connectivity index (χ2v) is 4.39. The van der Waals surface area contributed by atoms with Crippen LogP contribution in [0.2, 0.25) is 0 Å². The van der Waals surface area contributed by atoms with Crippen LogP contribution in [0.3, 0.4) is 0 Å². The summed E-state index contributed by atoms with van der Waals surface area (Å²) in [6.07, 6.45) is 3.45. The monoisotopic (exact) mass is 252 g/mol. The van der Waals surface area contributed by atoms with E-state index in [1.165, 1.54) is 0 Å². The van der Waals surface area contributed by atoms with Crippen LogP contribution in [-0.4, -0.2) is 34.8 Å². The van der Waals surface area contributed by atoms with Crippen molar-refractivity contribution in [1.29, 1.82) is 0 Å². The van der Waals surface area contributed by atoms with Gasteiger partial charge in [0.25, 0.3) is 0 Å². The van der Waals surface area contributed by atoms with Crippen LogP contribution >= 0.6 is 0 Å². The summed E-state index contributed by atoms with van der Waals surface area (Å²) in [4.78, 5) is 8.47. The Morgan fingerprint density at radius 3 is 2.44 bits per heavy atom. The molecule has 0 saturated carbocycles. The lowest BCUT2D eigenvalue weighted by Gasteiger charge is -2.16. The van der Waals surface area contributed by atoms with Crippen molar-refractivity contribution in [2.75, 3.05) is 30.3 Å². The molecule has 0 aliphatic rings. The van der Waals surface area contributed by atoms with Crippen molar-refractivity contribution in [3.05, 3.63) is 11.9 Å². The molecule has 0 aliphatic carbocycles. The SMILES string of the molecule is CCNc1ncnc(NCC(CC)CCO)c1C. The van der Waals surface area contributed by atoms with Crippen LogP contribution in [0.5, 0.6) is 0 Å². The molecule has 0 aliphatic heterocycles. The van der Waals surface area contributed by atoms with Crippen LogP contribution < -0.4 is 10.6 Å². The molecule has 1 atom stereocenters. The fourth-order valence-corrected chi connectivity index (χ4v) is 1.85. The standard InChI is InChI=1S/C13H24N4O/c1-4-11(6-7-18)8-15-13-10(3)12(14-5-2)16-9-17-13/h9,11,18H,4-8H2,1-3H3,(H2,14,15,16,17). The Morgan fingerprint density at radius 2 is 1.89 bits per heavy atom. The molecule has 18 heavy (non-hydrogen) atoms. The average Bonchev–Trinajstić information content (AvgIpc) is 2.38. The molecular weight excluding hydrogens is 228 g/mol. The van der Waals surface area contributed by atoms with Gasteiger partial charge >= 0.3 is 0 Å². The van der Waals surface area contributed by atoms with Crippen LogP contribution in [0.1, 0.15) is 32.3 Å². The third kappa shape index (κ3) is 4.14. The lowest BCUT2D eigenvalue weighted by atomic mass is 10.0. The highest BCUT2D eigenvalue weighted by atomic mass is 16.3. The highest BCUT2D eigenvalue weighted by Crippen LogP contribution is 2.19. The second-order valence-electron chi connectivity index (χ2n) is 4.39. The third-order valence-electron chi connectivity index (χ3n) is 3.10. The number of anilines is 2. The van der Waals surface area contributed by atoms with Gasteiger partial charge in [0, 0.05) is 25.3 Å². The zero-order chi connectivity index (χ0) is 13.4. The predicted octanol–water partition coefficient (Wildman–Crippen LogP) is 2.04. The maximum Gasteiger partial charge on any atom is 0.134 e. The maximum atomic E-state index is 8.97. The van der Waals surface area contributed by atoms with Crippen molar-refractivity contribution in [1.82, 2.24) is 9.97 Å². The van der Waals surface area contributed by atoms with Gasteiger partial charge in [-0.05, 0) is 26.2 Å². The number of aliphatic hydroxyl groups excluding tert-OH is 1. The minimum absolute atomic E-state index is 0.242. The summed E-state index contributed by atoms with van der Waals surface area (Å²) in [5.41, 5.74) is 1.04. The van der Waals surface area contributed by atoms with Gasteiger partial charge in [-0.1, -0.05) is 13.3 Å². The molecule has 3 N–H and O–H groups in total. The summed E-state index contributed by atoms with van der Waals surface area (Å²) in [5.74, 6) is 2.23. The minimum Gasteiger partial charge on any atom is -0.396 e. The Bertz CT molecular complexity index is 357. The molecule has 1 aromatic heterocycles. The lowest BCUT2D eigenvalue weighted by Crippen LogP contribution is -2.17. The summed E-state index contributed by atoms with van der Waals surface area (Å²) in [5, 5.41) is 15.5. The van der Waals surface area contributed by atoms with E-state index >= 15 is 0 Å². The van der Waals surface area contributed by atoms with Gasteiger partial charge in [0.15, 0.2) is 0 Å². The highest BCUT2D eigenvalue weighted by Gasteiger charge is 2.09. The van der Waals surface area contributed by atoms with Crippen molar-refractivity contribution in [2.24, 2.45) is 5.92 Å². The molecule has 0 aromatic carbocycles. The molecular formula is C13H24N4O. The van der Waals surface area contributed by atoms with Crippen LogP contribution in [0, 0.1) is 12.8 Å². The molecule has 102 valence electrons. The fraction of sp³-hybridized carbons (Fsp3) is 0.692. The summed E-state index contributed by atoms with van der Waals surface area (Å²) in [7, 11) is 0. The number of hydrogen-bond acceptors (Lipinski definition) is 5. The van der Waals surface area contributed by atoms with E-state index in [0.29, 0.717) is 5.92 Å². The zero-order valence-corrected chi connectivity index (χ0v) is 11.5. The van der Waals surface area contributed by atoms with Crippen LogP contribution in [0.4, 0.5) is 11.6 Å². The first-order valence-electron chi connectivity index (χ1n) is 6.63. The van der Waals surface area contributed by atoms with E-state index in [9.17, 15) is 0 Å². The van der Waals surface area contributed by atoms with Gasteiger partial charge in [0.2, 0.25) is 0 Å². The van der Waals surface area contributed by atoms with E-state index in [0.717, 1.165) is 43.1 Å². The molecule has 5 heteroatoms. The first kappa shape index (κ1) is 14.7. The van der Waals surface area contributed by atoms with E-state index in [1.54, 1.807) is 6.33 Å². The molecule has 1 heterocycles. The third-order valence-corrected chi connectivity index (χ3v) is 3.10. The molecule has 0 spiro atoms. The van der Waals surface area contributed by atoms with Crippen LogP contribution in [0.25, 0.3) is 0 Å². The van der Waals surface area contributed by atoms with Crippen LogP contribution in [0.15, 0.2) is 6.33 Å². The number of aromatic nitrogens is 2. The first-order chi connectivity index (χ1) is 8.72. The van der Waals surface area contributed by atoms with E-state index < -0.39 is 0 Å². The summed E-state index contributed by atoms with van der Waals surface area (Å²) in [6, 6.07) is 0. The molecule has 1 unspecified atom stereocenters. The second kappa shape index (κ2) is 7.87. The van der Waals surface area contributed by atoms with Gasteiger partial charge in [-0.15, -0.1) is 0 Å². The zero-order valence-electron chi connectivity index (χ0n) is 11.5. The molecule has 1 aromatic rings. The van der Waals surface area contributed by atoms with Crippen molar-refractivity contribution in [3.63, 3.8) is 0 Å². The topological polar surface area (TPSA) is 70.1 Å². The average molecular weight is 252 g/mol. The smallest absolute Gasteiger partial charge is 0.134 e. The molecule has 0 fully saturated rings. The Morgan fingerprint density at radius 1 is 1.22 bits per heavy atom. The maximum absolute atomic E-state index is 8.97. The summed E-state index contributed by atoms with van der Waals surface area (Å²) < 4.78 is 0. The number of hydrogen-bond donors (Lipinski definition) is 3. The van der Waals surface area contributed by atoms with Crippen molar-refractivity contribution in [2.45, 2.75) is 33.6 Å². The first-order valence-corrected chi connectivity index (χ1v) is 6.63. The Balaban J connectivity index is 2.63. The van der Waals surface area contributed by atoms with Gasteiger partial charge in [-0.3, -0.25) is 0 Å². The predicted molar refractivity (Wildman–Crippen MR) is 74.9 cm³/mol. The number of nitrogens with one attached hydrogen (secondary N) is 2. The fourth-order valence-electron chi connectivity index (χ4n) is 1.85. The van der Waals surface area contributed by atoms with Crippen LogP contribution in [-0.2, 0) is 0 Å². The minimum atomic E-state index is 0.242.